The van der Waals surface area contributed by atoms with E-state index in [4.69, 9.17) is 4.74 Å². The Labute approximate surface area is 121 Å². The summed E-state index contributed by atoms with van der Waals surface area (Å²) in [6.45, 7) is 0. The van der Waals surface area contributed by atoms with Crippen molar-refractivity contribution in [3.8, 4) is 0 Å². The molecule has 2 unspecified atom stereocenters. The SMILES string of the molecule is CNC1(C(=O)OC)CCCC1CCSC1CCCC1. The monoisotopic (exact) mass is 285 g/mol. The third-order valence-electron chi connectivity index (χ3n) is 4.94. The van der Waals surface area contributed by atoms with Crippen molar-refractivity contribution < 1.29 is 9.53 Å². The number of carbonyl (C=O) groups excluding carboxylic acids is 1. The third kappa shape index (κ3) is 3.27. The number of ether oxygens (including phenoxy) is 1. The van der Waals surface area contributed by atoms with Gasteiger partial charge < -0.3 is 10.1 Å². The summed E-state index contributed by atoms with van der Waals surface area (Å²) in [7, 11) is 3.41. The fourth-order valence-corrected chi connectivity index (χ4v) is 5.20. The minimum atomic E-state index is -0.412. The third-order valence-corrected chi connectivity index (χ3v) is 6.35. The predicted molar refractivity (Wildman–Crippen MR) is 80.5 cm³/mol. The Hall–Kier alpha value is -0.220. The standard InChI is InChI=1S/C15H27NO2S/c1-16-15(14(17)18-2)10-5-6-12(15)9-11-19-13-7-3-4-8-13/h12-13,16H,3-11H2,1-2H3. The first kappa shape index (κ1) is 15.2. The van der Waals surface area contributed by atoms with Gasteiger partial charge in [0, 0.05) is 5.25 Å². The van der Waals surface area contributed by atoms with Gasteiger partial charge in [0.05, 0.1) is 7.11 Å². The molecule has 2 saturated carbocycles. The summed E-state index contributed by atoms with van der Waals surface area (Å²) >= 11 is 2.12. The Bertz CT molecular complexity index is 305. The largest absolute Gasteiger partial charge is 0.468 e. The average Bonchev–Trinajstić information content (AvgIpc) is 3.08. The van der Waals surface area contributed by atoms with Crippen LogP contribution in [0.4, 0.5) is 0 Å². The van der Waals surface area contributed by atoms with Crippen molar-refractivity contribution in [1.29, 1.82) is 0 Å². The maximum Gasteiger partial charge on any atom is 0.326 e. The molecule has 3 nitrogen and oxygen atoms in total. The summed E-state index contributed by atoms with van der Waals surface area (Å²) in [4.78, 5) is 12.1. The molecule has 0 spiro atoms. The number of esters is 1. The van der Waals surface area contributed by atoms with Crippen molar-refractivity contribution in [2.75, 3.05) is 19.9 Å². The molecule has 1 N–H and O–H groups in total. The predicted octanol–water partition coefficient (Wildman–Crippen LogP) is 2.98. The Morgan fingerprint density at radius 1 is 1.32 bits per heavy atom. The molecule has 2 fully saturated rings. The van der Waals surface area contributed by atoms with Gasteiger partial charge in [0.25, 0.3) is 0 Å². The quantitative estimate of drug-likeness (QED) is 0.761. The summed E-state index contributed by atoms with van der Waals surface area (Å²) in [5.74, 6) is 1.57. The molecule has 0 saturated heterocycles. The molecule has 0 bridgehead atoms. The normalized spacial score (nSPS) is 31.8. The van der Waals surface area contributed by atoms with E-state index >= 15 is 0 Å². The first-order valence-electron chi connectivity index (χ1n) is 7.62. The van der Waals surface area contributed by atoms with Crippen LogP contribution < -0.4 is 5.32 Å². The highest BCUT2D eigenvalue weighted by atomic mass is 32.2. The van der Waals surface area contributed by atoms with E-state index in [2.05, 4.69) is 17.1 Å². The van der Waals surface area contributed by atoms with Crippen LogP contribution in [-0.4, -0.2) is 36.7 Å². The van der Waals surface area contributed by atoms with Crippen LogP contribution in [0.2, 0.25) is 0 Å². The molecule has 0 aromatic heterocycles. The lowest BCUT2D eigenvalue weighted by Gasteiger charge is -2.32. The van der Waals surface area contributed by atoms with Crippen LogP contribution in [0, 0.1) is 5.92 Å². The second-order valence-corrected chi connectivity index (χ2v) is 7.28. The first-order chi connectivity index (χ1) is 9.23. The molecule has 0 aliphatic heterocycles. The van der Waals surface area contributed by atoms with Gasteiger partial charge in [-0.15, -0.1) is 0 Å². The number of likely N-dealkylation sites (N-methyl/N-ethyl adjacent to an activating group) is 1. The van der Waals surface area contributed by atoms with E-state index in [1.165, 1.54) is 38.5 Å². The van der Waals surface area contributed by atoms with Crippen molar-refractivity contribution in [3.63, 3.8) is 0 Å². The van der Waals surface area contributed by atoms with Crippen LogP contribution in [0.3, 0.4) is 0 Å². The van der Waals surface area contributed by atoms with E-state index in [0.29, 0.717) is 5.92 Å². The topological polar surface area (TPSA) is 38.3 Å². The molecule has 0 aromatic rings. The first-order valence-corrected chi connectivity index (χ1v) is 8.66. The minimum absolute atomic E-state index is 0.0663. The zero-order valence-electron chi connectivity index (χ0n) is 12.2. The van der Waals surface area contributed by atoms with E-state index in [0.717, 1.165) is 30.9 Å². The van der Waals surface area contributed by atoms with Crippen LogP contribution in [-0.2, 0) is 9.53 Å². The average molecular weight is 285 g/mol. The number of nitrogens with one attached hydrogen (secondary N) is 1. The maximum atomic E-state index is 12.1. The fourth-order valence-electron chi connectivity index (χ4n) is 3.78. The van der Waals surface area contributed by atoms with Crippen molar-refractivity contribution in [2.24, 2.45) is 5.92 Å². The highest BCUT2D eigenvalue weighted by Crippen LogP contribution is 2.40. The van der Waals surface area contributed by atoms with Crippen LogP contribution in [0.25, 0.3) is 0 Å². The Morgan fingerprint density at radius 3 is 2.68 bits per heavy atom. The van der Waals surface area contributed by atoms with Crippen molar-refractivity contribution in [1.82, 2.24) is 5.32 Å². The second-order valence-electron chi connectivity index (χ2n) is 5.87. The number of thioether (sulfide) groups is 1. The summed E-state index contributed by atoms with van der Waals surface area (Å²) in [6, 6.07) is 0. The highest BCUT2D eigenvalue weighted by molar-refractivity contribution is 7.99. The van der Waals surface area contributed by atoms with Gasteiger partial charge in [-0.3, -0.25) is 4.79 Å². The summed E-state index contributed by atoms with van der Waals surface area (Å²) in [5, 5.41) is 4.15. The van der Waals surface area contributed by atoms with Gasteiger partial charge in [-0.2, -0.15) is 11.8 Å². The highest BCUT2D eigenvalue weighted by Gasteiger charge is 2.48. The van der Waals surface area contributed by atoms with Gasteiger partial charge in [0.2, 0.25) is 0 Å². The van der Waals surface area contributed by atoms with E-state index in [-0.39, 0.29) is 5.97 Å². The van der Waals surface area contributed by atoms with Crippen molar-refractivity contribution in [2.45, 2.75) is 62.2 Å². The van der Waals surface area contributed by atoms with Gasteiger partial charge in [0.15, 0.2) is 0 Å². The molecular weight excluding hydrogens is 258 g/mol. The van der Waals surface area contributed by atoms with Crippen molar-refractivity contribution >= 4 is 17.7 Å². The summed E-state index contributed by atoms with van der Waals surface area (Å²) in [6.07, 6.45) is 9.95. The minimum Gasteiger partial charge on any atom is -0.468 e. The maximum absolute atomic E-state index is 12.1. The van der Waals surface area contributed by atoms with E-state index < -0.39 is 5.54 Å². The van der Waals surface area contributed by atoms with Gasteiger partial charge >= 0.3 is 5.97 Å². The van der Waals surface area contributed by atoms with Gasteiger partial charge in [-0.05, 0) is 50.8 Å². The molecule has 2 rings (SSSR count). The second kappa shape index (κ2) is 6.98. The fraction of sp³-hybridized carbons (Fsp3) is 0.933. The molecular formula is C15H27NO2S. The molecule has 110 valence electrons. The van der Waals surface area contributed by atoms with Gasteiger partial charge in [-0.25, -0.2) is 0 Å². The zero-order valence-corrected chi connectivity index (χ0v) is 13.1. The molecule has 0 heterocycles. The molecule has 2 aliphatic rings. The zero-order chi connectivity index (χ0) is 13.7. The van der Waals surface area contributed by atoms with E-state index in [1.54, 1.807) is 0 Å². The van der Waals surface area contributed by atoms with Crippen LogP contribution in [0.5, 0.6) is 0 Å². The van der Waals surface area contributed by atoms with Crippen LogP contribution in [0.15, 0.2) is 0 Å². The lowest BCUT2D eigenvalue weighted by molar-refractivity contribution is -0.150. The number of carbonyl (C=O) groups is 1. The van der Waals surface area contributed by atoms with E-state index in [1.807, 2.05) is 7.05 Å². The molecule has 19 heavy (non-hydrogen) atoms. The van der Waals surface area contributed by atoms with Gasteiger partial charge in [0.1, 0.15) is 5.54 Å². The van der Waals surface area contributed by atoms with Gasteiger partial charge in [-0.1, -0.05) is 19.3 Å². The van der Waals surface area contributed by atoms with Crippen LogP contribution in [0.1, 0.15) is 51.4 Å². The van der Waals surface area contributed by atoms with E-state index in [9.17, 15) is 4.79 Å². The Kier molecular flexibility index (Phi) is 5.58. The lowest BCUT2D eigenvalue weighted by atomic mass is 9.85. The number of rotatable bonds is 6. The molecule has 0 amide bonds. The number of hydrogen-bond donors (Lipinski definition) is 1. The van der Waals surface area contributed by atoms with Crippen molar-refractivity contribution in [3.05, 3.63) is 0 Å². The Balaban J connectivity index is 1.85. The molecule has 2 aliphatic carbocycles. The smallest absolute Gasteiger partial charge is 0.326 e. The summed E-state index contributed by atoms with van der Waals surface area (Å²) < 4.78 is 5.03. The van der Waals surface area contributed by atoms with Crippen LogP contribution >= 0.6 is 11.8 Å². The molecule has 0 aromatic carbocycles. The number of hydrogen-bond acceptors (Lipinski definition) is 4. The molecule has 4 heteroatoms. The Morgan fingerprint density at radius 2 is 2.05 bits per heavy atom. The summed E-state index contributed by atoms with van der Waals surface area (Å²) in [5.41, 5.74) is -0.412. The molecule has 0 radical (unpaired) electrons. The number of methoxy groups -OCH3 is 1. The molecule has 2 atom stereocenters. The lowest BCUT2D eigenvalue weighted by Crippen LogP contribution is -2.53.